The second-order valence-corrected chi connectivity index (χ2v) is 9.24. The average Bonchev–Trinajstić information content (AvgIpc) is 2.78. The average molecular weight is 466 g/mol. The molecule has 0 aliphatic rings. The summed E-state index contributed by atoms with van der Waals surface area (Å²) in [5.41, 5.74) is 2.78. The Labute approximate surface area is 191 Å². The normalized spacial score (nSPS) is 12.5. The number of nitrogens with zero attached hydrogens (tertiary/aromatic N) is 1. The number of methoxy groups -OCH3 is 1. The van der Waals surface area contributed by atoms with Crippen LogP contribution < -0.4 is 15.3 Å². The lowest BCUT2D eigenvalue weighted by molar-refractivity contribution is 0.408. The Morgan fingerprint density at radius 1 is 1.00 bits per heavy atom. The maximum Gasteiger partial charge on any atom is 0.338 e. The predicted molar refractivity (Wildman–Crippen MR) is 128 cm³/mol. The van der Waals surface area contributed by atoms with Crippen LogP contribution in [0, 0.1) is 6.92 Å². The second-order valence-electron chi connectivity index (χ2n) is 7.74. The van der Waals surface area contributed by atoms with E-state index < -0.39 is 21.0 Å². The summed E-state index contributed by atoms with van der Waals surface area (Å²) in [6, 6.07) is 20.5. The molecule has 3 aromatic carbocycles. The first-order chi connectivity index (χ1) is 15.7. The van der Waals surface area contributed by atoms with E-state index >= 15 is 0 Å². The molecule has 33 heavy (non-hydrogen) atoms. The van der Waals surface area contributed by atoms with Crippen LogP contribution in [0.2, 0.25) is 0 Å². The number of hydrogen-bond acceptors (Lipinski definition) is 6. The zero-order valence-corrected chi connectivity index (χ0v) is 19.2. The van der Waals surface area contributed by atoms with Crippen molar-refractivity contribution in [1.29, 1.82) is 0 Å². The lowest BCUT2D eigenvalue weighted by Crippen LogP contribution is -2.17. The summed E-state index contributed by atoms with van der Waals surface area (Å²) >= 11 is 0. The molecule has 1 aromatic heterocycles. The van der Waals surface area contributed by atoms with Crippen molar-refractivity contribution in [2.45, 2.75) is 12.2 Å². The van der Waals surface area contributed by atoms with E-state index in [-0.39, 0.29) is 5.56 Å². The van der Waals surface area contributed by atoms with Crippen molar-refractivity contribution >= 4 is 32.5 Å². The minimum atomic E-state index is -4.53. The Hall–Kier alpha value is -3.62. The summed E-state index contributed by atoms with van der Waals surface area (Å²) in [5, 5.41) is -0.624. The maximum atomic E-state index is 12.5. The van der Waals surface area contributed by atoms with E-state index in [0.29, 0.717) is 28.3 Å². The van der Waals surface area contributed by atoms with Gasteiger partial charge in [-0.05, 0) is 42.8 Å². The molecule has 0 fully saturated rings. The highest BCUT2D eigenvalue weighted by atomic mass is 32.2. The summed E-state index contributed by atoms with van der Waals surface area (Å²) in [5.74, 6) is 0.313. The molecule has 1 N–H and O–H groups in total. The monoisotopic (exact) mass is 465 g/mol. The summed E-state index contributed by atoms with van der Waals surface area (Å²) in [6.07, 6.45) is 0. The van der Waals surface area contributed by atoms with Crippen LogP contribution in [-0.4, -0.2) is 27.1 Å². The van der Waals surface area contributed by atoms with Gasteiger partial charge in [0.2, 0.25) is 0 Å². The van der Waals surface area contributed by atoms with Gasteiger partial charge >= 0.3 is 5.63 Å². The minimum absolute atomic E-state index is 0.278. The molecule has 4 aromatic rings. The Morgan fingerprint density at radius 2 is 1.70 bits per heavy atom. The molecule has 7 nitrogen and oxygen atoms in total. The van der Waals surface area contributed by atoms with Crippen LogP contribution in [0.15, 0.2) is 82.0 Å². The van der Waals surface area contributed by atoms with Gasteiger partial charge in [-0.25, -0.2) is 4.79 Å². The van der Waals surface area contributed by atoms with E-state index in [0.717, 1.165) is 10.9 Å². The van der Waals surface area contributed by atoms with Crippen molar-refractivity contribution in [3.63, 3.8) is 0 Å². The quantitative estimate of drug-likeness (QED) is 0.321. The molecule has 1 heterocycles. The molecule has 170 valence electrons. The van der Waals surface area contributed by atoms with Gasteiger partial charge in [0.25, 0.3) is 10.1 Å². The largest absolute Gasteiger partial charge is 0.496 e. The first kappa shape index (κ1) is 22.6. The smallest absolute Gasteiger partial charge is 0.338 e. The maximum absolute atomic E-state index is 12.5. The van der Waals surface area contributed by atoms with Crippen molar-refractivity contribution in [2.24, 2.45) is 0 Å². The molecule has 1 atom stereocenters. The highest BCUT2D eigenvalue weighted by Gasteiger charge is 2.31. The second kappa shape index (κ2) is 8.73. The molecule has 8 heteroatoms. The number of benzene rings is 3. The highest BCUT2D eigenvalue weighted by Crippen LogP contribution is 2.39. The Balaban J connectivity index is 1.90. The fraction of sp³-hybridized carbons (Fsp3) is 0.160. The summed E-state index contributed by atoms with van der Waals surface area (Å²) in [7, 11) is -1.32. The van der Waals surface area contributed by atoms with Gasteiger partial charge < -0.3 is 14.1 Å². The number of hydrogen-bond donors (Lipinski definition) is 1. The minimum Gasteiger partial charge on any atom is -0.496 e. The number of ether oxygens (including phenoxy) is 1. The zero-order chi connectivity index (χ0) is 23.8. The van der Waals surface area contributed by atoms with Gasteiger partial charge in [-0.2, -0.15) is 8.42 Å². The lowest BCUT2D eigenvalue weighted by atomic mass is 10.0. The topological polar surface area (TPSA) is 97.0 Å². The van der Waals surface area contributed by atoms with E-state index in [1.165, 1.54) is 13.2 Å². The molecular formula is C25H23NO6S. The Morgan fingerprint density at radius 3 is 2.36 bits per heavy atom. The van der Waals surface area contributed by atoms with E-state index in [2.05, 4.69) is 0 Å². The van der Waals surface area contributed by atoms with Crippen LogP contribution in [0.5, 0.6) is 5.75 Å². The summed E-state index contributed by atoms with van der Waals surface area (Å²) in [6.45, 7) is 1.89. The third kappa shape index (κ3) is 4.48. The fourth-order valence-corrected chi connectivity index (χ4v) is 4.91. The Kier molecular flexibility index (Phi) is 5.97. The van der Waals surface area contributed by atoms with Gasteiger partial charge in [-0.1, -0.05) is 42.0 Å². The fourth-order valence-electron chi connectivity index (χ4n) is 3.90. The van der Waals surface area contributed by atoms with Crippen LogP contribution in [0.1, 0.15) is 21.9 Å². The molecule has 0 saturated carbocycles. The number of aryl methyl sites for hydroxylation is 1. The molecule has 0 saturated heterocycles. The molecule has 0 aliphatic carbocycles. The molecule has 0 radical (unpaired) electrons. The van der Waals surface area contributed by atoms with Gasteiger partial charge in [0.15, 0.2) is 0 Å². The standard InChI is InChI=1S/C25H23NO6S/c1-16-8-10-17(11-9-16)25(33(28,29)30)20-14-18(12-13-22(20)31-3)26(2)21-15-24(27)32-23-7-5-4-6-19(21)23/h4-15,25H,1-3H3,(H,28,29,30). The molecule has 1 unspecified atom stereocenters. The van der Waals surface area contributed by atoms with Crippen LogP contribution in [0.25, 0.3) is 11.0 Å². The SMILES string of the molecule is COc1ccc(N(C)c2cc(=O)oc3ccccc23)cc1C(c1ccc(C)cc1)S(=O)(=O)O. The van der Waals surface area contributed by atoms with Gasteiger partial charge in [-0.15, -0.1) is 0 Å². The zero-order valence-electron chi connectivity index (χ0n) is 18.3. The summed E-state index contributed by atoms with van der Waals surface area (Å²) in [4.78, 5) is 13.9. The summed E-state index contributed by atoms with van der Waals surface area (Å²) < 4.78 is 45.8. The van der Waals surface area contributed by atoms with E-state index in [9.17, 15) is 17.8 Å². The van der Waals surface area contributed by atoms with Crippen molar-refractivity contribution in [2.75, 3.05) is 19.1 Å². The van der Waals surface area contributed by atoms with Gasteiger partial charge in [0, 0.05) is 29.8 Å². The number of para-hydroxylation sites is 1. The van der Waals surface area contributed by atoms with Crippen molar-refractivity contribution in [1.82, 2.24) is 0 Å². The third-order valence-electron chi connectivity index (χ3n) is 5.55. The van der Waals surface area contributed by atoms with Gasteiger partial charge in [0.05, 0.1) is 12.8 Å². The van der Waals surface area contributed by atoms with E-state index in [1.54, 1.807) is 66.5 Å². The van der Waals surface area contributed by atoms with E-state index in [1.807, 2.05) is 19.1 Å². The molecule has 0 amide bonds. The molecule has 0 bridgehead atoms. The predicted octanol–water partition coefficient (Wildman–Crippen LogP) is 4.86. The van der Waals surface area contributed by atoms with Crippen molar-refractivity contribution in [3.05, 3.63) is 99.9 Å². The first-order valence-corrected chi connectivity index (χ1v) is 11.7. The molecular weight excluding hydrogens is 442 g/mol. The number of rotatable bonds is 6. The van der Waals surface area contributed by atoms with Gasteiger partial charge in [-0.3, -0.25) is 4.55 Å². The molecule has 4 rings (SSSR count). The lowest BCUT2D eigenvalue weighted by Gasteiger charge is -2.24. The van der Waals surface area contributed by atoms with Crippen LogP contribution in [-0.2, 0) is 10.1 Å². The number of fused-ring (bicyclic) bond motifs is 1. The van der Waals surface area contributed by atoms with Gasteiger partial charge in [0.1, 0.15) is 16.6 Å². The number of anilines is 2. The van der Waals surface area contributed by atoms with Crippen molar-refractivity contribution in [3.8, 4) is 5.75 Å². The van der Waals surface area contributed by atoms with Crippen LogP contribution in [0.3, 0.4) is 0 Å². The Bertz CT molecular complexity index is 1480. The molecule has 0 spiro atoms. The van der Waals surface area contributed by atoms with Crippen LogP contribution in [0.4, 0.5) is 11.4 Å². The van der Waals surface area contributed by atoms with Crippen LogP contribution >= 0.6 is 0 Å². The van der Waals surface area contributed by atoms with Crippen molar-refractivity contribution < 1.29 is 22.1 Å². The molecule has 0 aliphatic heterocycles. The highest BCUT2D eigenvalue weighted by molar-refractivity contribution is 7.86. The first-order valence-electron chi connectivity index (χ1n) is 10.2. The third-order valence-corrected chi connectivity index (χ3v) is 6.67. The van der Waals surface area contributed by atoms with E-state index in [4.69, 9.17) is 9.15 Å².